The summed E-state index contributed by atoms with van der Waals surface area (Å²) in [5.74, 6) is -0.184. The van der Waals surface area contributed by atoms with E-state index in [2.05, 4.69) is 10.6 Å². The Morgan fingerprint density at radius 3 is 2.47 bits per heavy atom. The van der Waals surface area contributed by atoms with Gasteiger partial charge in [0.1, 0.15) is 0 Å². The van der Waals surface area contributed by atoms with Crippen molar-refractivity contribution in [2.24, 2.45) is 0 Å². The minimum atomic E-state index is -0.184. The molecule has 1 rings (SSSR count). The maximum absolute atomic E-state index is 11.5. The number of thiocarbonyl (C=S) groups is 1. The number of hydrogen-bond donors (Lipinski definition) is 3. The number of nitrogens with one attached hydrogen (secondary N) is 2. The zero-order valence-electron chi connectivity index (χ0n) is 8.62. The molecular formula is C10H15N3OS. The molecule has 0 radical (unpaired) electrons. The number of carbonyl (C=O) groups is 1. The van der Waals surface area contributed by atoms with Gasteiger partial charge in [0.2, 0.25) is 0 Å². The zero-order chi connectivity index (χ0) is 10.4. The van der Waals surface area contributed by atoms with Crippen molar-refractivity contribution in [2.45, 2.75) is 6.92 Å². The van der Waals surface area contributed by atoms with Crippen LogP contribution >= 0.6 is 12.2 Å². The van der Waals surface area contributed by atoms with Gasteiger partial charge in [-0.25, -0.2) is 0 Å². The molecule has 0 aliphatic carbocycles. The minimum Gasteiger partial charge on any atom is -0.363 e. The lowest BCUT2D eigenvalue weighted by Gasteiger charge is -2.06. The lowest BCUT2D eigenvalue weighted by molar-refractivity contribution is 0.0977. The van der Waals surface area contributed by atoms with Crippen molar-refractivity contribution in [1.29, 1.82) is 0 Å². The van der Waals surface area contributed by atoms with E-state index in [1.807, 2.05) is 25.1 Å². The van der Waals surface area contributed by atoms with E-state index < -0.39 is 0 Å². The normalized spacial score (nSPS) is 8.60. The van der Waals surface area contributed by atoms with Gasteiger partial charge in [-0.1, -0.05) is 18.2 Å². The first-order valence-electron chi connectivity index (χ1n) is 4.38. The van der Waals surface area contributed by atoms with E-state index in [9.17, 15) is 4.79 Å². The summed E-state index contributed by atoms with van der Waals surface area (Å²) in [5, 5.41) is 5.79. The molecule has 0 aliphatic rings. The van der Waals surface area contributed by atoms with Crippen LogP contribution in [0.2, 0.25) is 0 Å². The van der Waals surface area contributed by atoms with E-state index in [0.717, 1.165) is 0 Å². The fraction of sp³-hybridized carbons (Fsp3) is 0.200. The van der Waals surface area contributed by atoms with Crippen LogP contribution in [-0.2, 0) is 0 Å². The van der Waals surface area contributed by atoms with Gasteiger partial charge in [0.05, 0.1) is 0 Å². The molecule has 0 spiro atoms. The van der Waals surface area contributed by atoms with E-state index in [1.165, 1.54) is 0 Å². The number of hydrogen-bond acceptors (Lipinski definition) is 3. The molecule has 1 amide bonds. The third kappa shape index (κ3) is 4.53. The molecule has 5 heteroatoms. The second-order valence-corrected chi connectivity index (χ2v) is 3.09. The van der Waals surface area contributed by atoms with Gasteiger partial charge in [-0.2, -0.15) is 0 Å². The van der Waals surface area contributed by atoms with E-state index >= 15 is 0 Å². The highest BCUT2D eigenvalue weighted by atomic mass is 32.1. The van der Waals surface area contributed by atoms with Gasteiger partial charge in [-0.3, -0.25) is 10.1 Å². The summed E-state index contributed by atoms with van der Waals surface area (Å²) < 4.78 is 0. The van der Waals surface area contributed by atoms with Gasteiger partial charge >= 0.3 is 0 Å². The summed E-state index contributed by atoms with van der Waals surface area (Å²) in [4.78, 5) is 11.5. The minimum absolute atomic E-state index is 0. The Hall–Kier alpha value is -1.46. The fourth-order valence-corrected chi connectivity index (χ4v) is 1.21. The summed E-state index contributed by atoms with van der Waals surface area (Å²) in [6.45, 7) is 2.62. The average Bonchev–Trinajstić information content (AvgIpc) is 2.19. The van der Waals surface area contributed by atoms with Crippen LogP contribution in [0.4, 0.5) is 0 Å². The van der Waals surface area contributed by atoms with Gasteiger partial charge in [0.25, 0.3) is 5.91 Å². The van der Waals surface area contributed by atoms with Crippen LogP contribution in [0.1, 0.15) is 17.3 Å². The standard InChI is InChI=1S/C10H12N2OS.H3N/c1-2-11-10(14)12-9(13)8-6-4-3-5-7-8;/h3-7H,2H2,1H3,(H2,11,12,13,14);1H3. The van der Waals surface area contributed by atoms with Crippen LogP contribution in [0, 0.1) is 0 Å². The molecule has 5 N–H and O–H groups in total. The summed E-state index contributed by atoms with van der Waals surface area (Å²) >= 11 is 4.89. The average molecular weight is 225 g/mol. The first-order valence-corrected chi connectivity index (χ1v) is 4.79. The molecule has 0 aromatic heterocycles. The van der Waals surface area contributed by atoms with Gasteiger partial charge < -0.3 is 11.5 Å². The number of benzene rings is 1. The highest BCUT2D eigenvalue weighted by Crippen LogP contribution is 1.97. The van der Waals surface area contributed by atoms with Crippen molar-refractivity contribution in [3.05, 3.63) is 35.9 Å². The molecular weight excluding hydrogens is 210 g/mol. The summed E-state index contributed by atoms with van der Waals surface area (Å²) in [6, 6.07) is 8.96. The SMILES string of the molecule is CCNC(=S)NC(=O)c1ccccc1.N. The van der Waals surface area contributed by atoms with Crippen molar-refractivity contribution < 1.29 is 4.79 Å². The first kappa shape index (κ1) is 13.5. The lowest BCUT2D eigenvalue weighted by atomic mass is 10.2. The van der Waals surface area contributed by atoms with E-state index in [1.54, 1.807) is 12.1 Å². The Balaban J connectivity index is 0.00000196. The topological polar surface area (TPSA) is 76.1 Å². The quantitative estimate of drug-likeness (QED) is 0.666. The summed E-state index contributed by atoms with van der Waals surface area (Å²) in [5.41, 5.74) is 0.604. The molecule has 0 bridgehead atoms. The zero-order valence-corrected chi connectivity index (χ0v) is 9.43. The molecule has 1 aromatic carbocycles. The van der Waals surface area contributed by atoms with Crippen molar-refractivity contribution in [2.75, 3.05) is 6.54 Å². The molecule has 15 heavy (non-hydrogen) atoms. The van der Waals surface area contributed by atoms with Crippen molar-refractivity contribution in [1.82, 2.24) is 16.8 Å². The third-order valence-electron chi connectivity index (χ3n) is 1.60. The molecule has 82 valence electrons. The van der Waals surface area contributed by atoms with Gasteiger partial charge in [-0.05, 0) is 31.3 Å². The summed E-state index contributed by atoms with van der Waals surface area (Å²) in [7, 11) is 0. The Labute approximate surface area is 94.6 Å². The van der Waals surface area contributed by atoms with Crippen molar-refractivity contribution in [3.63, 3.8) is 0 Å². The van der Waals surface area contributed by atoms with Crippen LogP contribution in [0.3, 0.4) is 0 Å². The number of rotatable bonds is 2. The van der Waals surface area contributed by atoms with E-state index in [4.69, 9.17) is 12.2 Å². The first-order chi connectivity index (χ1) is 6.74. The predicted molar refractivity (Wildman–Crippen MR) is 65.2 cm³/mol. The highest BCUT2D eigenvalue weighted by Gasteiger charge is 2.05. The van der Waals surface area contributed by atoms with E-state index in [0.29, 0.717) is 17.2 Å². The smallest absolute Gasteiger partial charge is 0.257 e. The molecule has 0 heterocycles. The Kier molecular flexibility index (Phi) is 6.24. The highest BCUT2D eigenvalue weighted by molar-refractivity contribution is 7.80. The fourth-order valence-electron chi connectivity index (χ4n) is 0.970. The monoisotopic (exact) mass is 225 g/mol. The van der Waals surface area contributed by atoms with Gasteiger partial charge in [-0.15, -0.1) is 0 Å². The van der Waals surface area contributed by atoms with Gasteiger partial charge in [0, 0.05) is 12.1 Å². The lowest BCUT2D eigenvalue weighted by Crippen LogP contribution is -2.38. The van der Waals surface area contributed by atoms with E-state index in [-0.39, 0.29) is 12.1 Å². The van der Waals surface area contributed by atoms with Crippen LogP contribution in [0.15, 0.2) is 30.3 Å². The predicted octanol–water partition coefficient (Wildman–Crippen LogP) is 1.47. The molecule has 0 aliphatic heterocycles. The Bertz CT molecular complexity index is 327. The number of carbonyl (C=O) groups excluding carboxylic acids is 1. The maximum atomic E-state index is 11.5. The second kappa shape index (κ2) is 6.92. The Morgan fingerprint density at radius 2 is 1.93 bits per heavy atom. The maximum Gasteiger partial charge on any atom is 0.257 e. The van der Waals surface area contributed by atoms with Gasteiger partial charge in [0.15, 0.2) is 5.11 Å². The molecule has 1 aromatic rings. The second-order valence-electron chi connectivity index (χ2n) is 2.68. The molecule has 0 saturated heterocycles. The van der Waals surface area contributed by atoms with Crippen LogP contribution in [0.5, 0.6) is 0 Å². The number of amides is 1. The Morgan fingerprint density at radius 1 is 1.33 bits per heavy atom. The third-order valence-corrected chi connectivity index (χ3v) is 1.85. The van der Waals surface area contributed by atoms with Crippen molar-refractivity contribution in [3.8, 4) is 0 Å². The largest absolute Gasteiger partial charge is 0.363 e. The molecule has 0 fully saturated rings. The molecule has 0 saturated carbocycles. The molecule has 0 unspecified atom stereocenters. The summed E-state index contributed by atoms with van der Waals surface area (Å²) in [6.07, 6.45) is 0. The van der Waals surface area contributed by atoms with Crippen LogP contribution in [-0.4, -0.2) is 17.6 Å². The van der Waals surface area contributed by atoms with Crippen LogP contribution < -0.4 is 16.8 Å². The van der Waals surface area contributed by atoms with Crippen LogP contribution in [0.25, 0.3) is 0 Å². The van der Waals surface area contributed by atoms with Crippen molar-refractivity contribution >= 4 is 23.2 Å². The molecule has 0 atom stereocenters. The molecule has 4 nitrogen and oxygen atoms in total.